The summed E-state index contributed by atoms with van der Waals surface area (Å²) in [6.45, 7) is 17.4. The zero-order valence-electron chi connectivity index (χ0n) is 9.94. The molecule has 0 aliphatic rings. The summed E-state index contributed by atoms with van der Waals surface area (Å²) in [4.78, 5) is 6.33. The van der Waals surface area contributed by atoms with Crippen molar-refractivity contribution in [2.75, 3.05) is 0 Å². The molecule has 0 atom stereocenters. The highest BCUT2D eigenvalue weighted by molar-refractivity contribution is 5.69. The minimum atomic E-state index is 0.0171. The quantitative estimate of drug-likeness (QED) is 0.635. The van der Waals surface area contributed by atoms with Crippen LogP contribution in [-0.2, 0) is 0 Å². The molecule has 0 radical (unpaired) electrons. The van der Waals surface area contributed by atoms with Gasteiger partial charge in [0, 0.05) is 0 Å². The predicted octanol–water partition coefficient (Wildman–Crippen LogP) is 1.41. The number of aryl methyl sites for hydroxylation is 2. The molecule has 0 heterocycles. The van der Waals surface area contributed by atoms with Crippen LogP contribution >= 0.6 is 0 Å². The fraction of sp³-hybridized carbons (Fsp3) is 0.143. The van der Waals surface area contributed by atoms with Gasteiger partial charge in [-0.25, -0.2) is 20.2 Å². The summed E-state index contributed by atoms with van der Waals surface area (Å²) in [5, 5.41) is 18.8. The second-order valence-electron chi connectivity index (χ2n) is 3.63. The lowest BCUT2D eigenvalue weighted by molar-refractivity contribution is 1.30. The van der Waals surface area contributed by atoms with Crippen LogP contribution < -0.4 is 10.4 Å². The average molecular weight is 232 g/mol. The lowest BCUT2D eigenvalue weighted by Crippen LogP contribution is -2.19. The first-order valence-corrected chi connectivity index (χ1v) is 5.00. The smallest absolute Gasteiger partial charge is 0.226 e. The molecule has 84 valence electrons. The Labute approximate surface area is 105 Å². The van der Waals surface area contributed by atoms with Gasteiger partial charge in [-0.3, -0.25) is 0 Å². The molecular formula is C14H8N4. The van der Waals surface area contributed by atoms with Gasteiger partial charge in [-0.05, 0) is 24.3 Å². The summed E-state index contributed by atoms with van der Waals surface area (Å²) >= 11 is 0. The van der Waals surface area contributed by atoms with Crippen molar-refractivity contribution in [3.63, 3.8) is 0 Å². The van der Waals surface area contributed by atoms with Gasteiger partial charge in [0.2, 0.25) is 0 Å². The number of nitrogens with zero attached hydrogens (tertiary/aromatic N) is 4. The van der Waals surface area contributed by atoms with Gasteiger partial charge in [-0.15, -0.1) is 0 Å². The van der Waals surface area contributed by atoms with Crippen LogP contribution in [0.4, 0.5) is 0 Å². The van der Waals surface area contributed by atoms with E-state index in [1.165, 1.54) is 0 Å². The number of hydrogen-bond donors (Lipinski definition) is 0. The van der Waals surface area contributed by atoms with E-state index in [0.717, 1.165) is 0 Å². The third-order valence-corrected chi connectivity index (χ3v) is 2.52. The standard InChI is InChI=1S/C14H8N4/c1-9-5-12(14(8-16)18-4)10(2)6-11(9)13(7-15)17-3/h5-6H,1-2H3/b13-11-,14-12+. The number of rotatable bonds is 0. The molecule has 0 aliphatic heterocycles. The van der Waals surface area contributed by atoms with E-state index in [1.54, 1.807) is 26.0 Å². The Kier molecular flexibility index (Phi) is 3.83. The normalized spacial score (nSPS) is 12.3. The molecule has 0 bridgehead atoms. The molecule has 0 spiro atoms. The lowest BCUT2D eigenvalue weighted by atomic mass is 10.0. The predicted molar refractivity (Wildman–Crippen MR) is 66.4 cm³/mol. The molecule has 18 heavy (non-hydrogen) atoms. The fourth-order valence-electron chi connectivity index (χ4n) is 1.62. The molecule has 4 heteroatoms. The van der Waals surface area contributed by atoms with Crippen LogP contribution in [-0.4, -0.2) is 0 Å². The van der Waals surface area contributed by atoms with Crippen LogP contribution in [0.25, 0.3) is 21.1 Å². The molecule has 0 aliphatic carbocycles. The Bertz CT molecular complexity index is 685. The van der Waals surface area contributed by atoms with Gasteiger partial charge in [0.15, 0.2) is 0 Å². The highest BCUT2D eigenvalue weighted by atomic mass is 14.7. The van der Waals surface area contributed by atoms with Gasteiger partial charge in [0.05, 0.1) is 25.3 Å². The van der Waals surface area contributed by atoms with E-state index in [4.69, 9.17) is 23.7 Å². The number of hydrogen-bond acceptors (Lipinski definition) is 2. The second-order valence-corrected chi connectivity index (χ2v) is 3.63. The average Bonchev–Trinajstić information content (AvgIpc) is 2.37. The van der Waals surface area contributed by atoms with Crippen molar-refractivity contribution in [2.45, 2.75) is 13.8 Å². The topological polar surface area (TPSA) is 56.3 Å². The maximum Gasteiger partial charge on any atom is 0.269 e. The summed E-state index contributed by atoms with van der Waals surface area (Å²) in [6.07, 6.45) is 0. The molecule has 0 unspecified atom stereocenters. The van der Waals surface area contributed by atoms with Gasteiger partial charge in [0.25, 0.3) is 11.4 Å². The Balaban J connectivity index is 3.96. The summed E-state index contributed by atoms with van der Waals surface area (Å²) in [5.41, 5.74) is 1.45. The SMILES string of the molecule is [C-]#[N+]/C(C#N)=c1/cc(C)/c(=C(\C#N)[N+]#[C-])cc1C. The van der Waals surface area contributed by atoms with Crippen LogP contribution in [0.2, 0.25) is 0 Å². The molecule has 1 rings (SSSR count). The molecule has 0 saturated heterocycles. The van der Waals surface area contributed by atoms with Crippen molar-refractivity contribution in [1.29, 1.82) is 10.5 Å². The van der Waals surface area contributed by atoms with Crippen LogP contribution in [0, 0.1) is 49.7 Å². The lowest BCUT2D eigenvalue weighted by Gasteiger charge is -2.01. The molecule has 0 amide bonds. The fourth-order valence-corrected chi connectivity index (χ4v) is 1.62. The van der Waals surface area contributed by atoms with E-state index >= 15 is 0 Å². The molecular weight excluding hydrogens is 224 g/mol. The van der Waals surface area contributed by atoms with E-state index in [9.17, 15) is 0 Å². The molecule has 4 nitrogen and oxygen atoms in total. The number of nitriles is 2. The zero-order valence-corrected chi connectivity index (χ0v) is 9.94. The van der Waals surface area contributed by atoms with E-state index in [0.29, 0.717) is 21.6 Å². The van der Waals surface area contributed by atoms with Crippen LogP contribution in [0.3, 0.4) is 0 Å². The minimum absolute atomic E-state index is 0.0171. The van der Waals surface area contributed by atoms with Crippen LogP contribution in [0.5, 0.6) is 0 Å². The monoisotopic (exact) mass is 232 g/mol. The highest BCUT2D eigenvalue weighted by Gasteiger charge is 2.04. The largest absolute Gasteiger partial charge is 0.269 e. The Hall–Kier alpha value is -3.08. The van der Waals surface area contributed by atoms with Gasteiger partial charge in [0.1, 0.15) is 0 Å². The Morgan fingerprint density at radius 3 is 1.50 bits per heavy atom. The maximum absolute atomic E-state index is 8.86. The number of benzene rings is 1. The third-order valence-electron chi connectivity index (χ3n) is 2.52. The second kappa shape index (κ2) is 5.31. The molecule has 0 aromatic heterocycles. The van der Waals surface area contributed by atoms with Gasteiger partial charge in [-0.2, -0.15) is 0 Å². The van der Waals surface area contributed by atoms with Crippen molar-refractivity contribution in [3.05, 3.63) is 56.5 Å². The van der Waals surface area contributed by atoms with Gasteiger partial charge < -0.3 is 0 Å². The molecule has 0 fully saturated rings. The van der Waals surface area contributed by atoms with Crippen LogP contribution in [0.15, 0.2) is 12.1 Å². The van der Waals surface area contributed by atoms with Gasteiger partial charge >= 0.3 is 0 Å². The third kappa shape index (κ3) is 2.19. The van der Waals surface area contributed by atoms with Crippen molar-refractivity contribution in [1.82, 2.24) is 0 Å². The van der Waals surface area contributed by atoms with E-state index in [2.05, 4.69) is 9.69 Å². The molecule has 1 aromatic carbocycles. The molecule has 0 N–H and O–H groups in total. The molecule has 0 saturated carbocycles. The molecule has 1 aromatic rings. The van der Waals surface area contributed by atoms with Crippen molar-refractivity contribution < 1.29 is 0 Å². The van der Waals surface area contributed by atoms with E-state index in [-0.39, 0.29) is 11.4 Å². The first kappa shape index (κ1) is 13.0. The van der Waals surface area contributed by atoms with Crippen molar-refractivity contribution >= 4 is 11.4 Å². The van der Waals surface area contributed by atoms with Crippen molar-refractivity contribution in [2.24, 2.45) is 0 Å². The van der Waals surface area contributed by atoms with E-state index in [1.807, 2.05) is 12.1 Å². The summed E-state index contributed by atoms with van der Waals surface area (Å²) in [7, 11) is 0. The summed E-state index contributed by atoms with van der Waals surface area (Å²) in [6, 6.07) is 7.03. The highest BCUT2D eigenvalue weighted by Crippen LogP contribution is 2.00. The Morgan fingerprint density at radius 1 is 0.944 bits per heavy atom. The van der Waals surface area contributed by atoms with E-state index < -0.39 is 0 Å². The van der Waals surface area contributed by atoms with Gasteiger partial charge in [-0.1, -0.05) is 23.3 Å². The minimum Gasteiger partial charge on any atom is -0.226 e. The first-order chi connectivity index (χ1) is 8.58. The van der Waals surface area contributed by atoms with Crippen LogP contribution in [0.1, 0.15) is 11.1 Å². The van der Waals surface area contributed by atoms with Crippen molar-refractivity contribution in [3.8, 4) is 12.1 Å². The summed E-state index contributed by atoms with van der Waals surface area (Å²) < 4.78 is 0. The summed E-state index contributed by atoms with van der Waals surface area (Å²) in [5.74, 6) is 0. The Morgan fingerprint density at radius 2 is 1.28 bits per heavy atom. The maximum atomic E-state index is 8.86. The zero-order chi connectivity index (χ0) is 13.7. The first-order valence-electron chi connectivity index (χ1n) is 5.00.